The van der Waals surface area contributed by atoms with Crippen molar-refractivity contribution in [2.75, 3.05) is 0 Å². The van der Waals surface area contributed by atoms with Crippen LogP contribution in [0.1, 0.15) is 0 Å². The van der Waals surface area contributed by atoms with E-state index in [4.69, 9.17) is 15.0 Å². The van der Waals surface area contributed by atoms with Crippen molar-refractivity contribution < 1.29 is 0 Å². The van der Waals surface area contributed by atoms with Crippen LogP contribution in [-0.4, -0.2) is 15.0 Å². The van der Waals surface area contributed by atoms with Gasteiger partial charge in [-0.2, -0.15) is 0 Å². The van der Waals surface area contributed by atoms with Crippen LogP contribution in [0.4, 0.5) is 0 Å². The minimum absolute atomic E-state index is 0.660. The van der Waals surface area contributed by atoms with Crippen molar-refractivity contribution >= 4 is 42.3 Å². The minimum atomic E-state index is 0.660. The Balaban J connectivity index is 1.25. The third-order valence-electron chi connectivity index (χ3n) is 9.29. The fraction of sp³-hybridized carbons (Fsp3) is 0. The molecule has 7 aromatic carbocycles. The smallest absolute Gasteiger partial charge is 0.164 e. The molecule has 1 aliphatic carbocycles. The highest BCUT2D eigenvalue weighted by Gasteiger charge is 2.25. The first-order valence-electron chi connectivity index (χ1n) is 15.8. The summed E-state index contributed by atoms with van der Waals surface area (Å²) < 4.78 is 2.58. The molecule has 3 nitrogen and oxygen atoms in total. The lowest BCUT2D eigenvalue weighted by Crippen LogP contribution is -2.01. The van der Waals surface area contributed by atoms with Gasteiger partial charge in [0.15, 0.2) is 17.5 Å². The van der Waals surface area contributed by atoms with Crippen LogP contribution in [0.15, 0.2) is 152 Å². The molecule has 47 heavy (non-hydrogen) atoms. The summed E-state index contributed by atoms with van der Waals surface area (Å²) in [7, 11) is 0. The Hall–Kier alpha value is -5.97. The summed E-state index contributed by atoms with van der Waals surface area (Å²) in [6.45, 7) is 0. The Morgan fingerprint density at radius 1 is 0.319 bits per heavy atom. The van der Waals surface area contributed by atoms with Crippen LogP contribution in [0.5, 0.6) is 0 Å². The topological polar surface area (TPSA) is 38.7 Å². The number of thiophene rings is 1. The van der Waals surface area contributed by atoms with Crippen molar-refractivity contribution in [3.05, 3.63) is 152 Å². The molecule has 0 saturated carbocycles. The molecule has 0 atom stereocenters. The Morgan fingerprint density at radius 3 is 1.47 bits per heavy atom. The molecule has 0 bridgehead atoms. The normalized spacial score (nSPS) is 11.8. The summed E-state index contributed by atoms with van der Waals surface area (Å²) in [5.41, 5.74) is 10.4. The molecular formula is C43H25N3S. The van der Waals surface area contributed by atoms with Crippen LogP contribution < -0.4 is 0 Å². The number of hydrogen-bond acceptors (Lipinski definition) is 4. The van der Waals surface area contributed by atoms with Crippen LogP contribution in [-0.2, 0) is 0 Å². The molecule has 0 radical (unpaired) electrons. The molecule has 1 aliphatic rings. The molecule has 0 saturated heterocycles. The summed E-state index contributed by atoms with van der Waals surface area (Å²) >= 11 is 1.88. The molecule has 2 heterocycles. The van der Waals surface area contributed by atoms with Crippen molar-refractivity contribution in [1.82, 2.24) is 15.0 Å². The number of benzene rings is 7. The highest BCUT2D eigenvalue weighted by Crippen LogP contribution is 2.53. The molecule has 0 aliphatic heterocycles. The van der Waals surface area contributed by atoms with E-state index in [1.54, 1.807) is 0 Å². The van der Waals surface area contributed by atoms with E-state index in [0.717, 1.165) is 22.3 Å². The first-order chi connectivity index (χ1) is 23.3. The van der Waals surface area contributed by atoms with Crippen LogP contribution in [0.2, 0.25) is 0 Å². The maximum Gasteiger partial charge on any atom is 0.164 e. The molecule has 0 spiro atoms. The van der Waals surface area contributed by atoms with Gasteiger partial charge in [-0.1, -0.05) is 146 Å². The zero-order valence-electron chi connectivity index (χ0n) is 25.2. The Kier molecular flexibility index (Phi) is 5.74. The molecule has 0 amide bonds. The number of hydrogen-bond donors (Lipinski definition) is 0. The van der Waals surface area contributed by atoms with E-state index in [1.165, 1.54) is 58.8 Å². The number of rotatable bonds is 4. The van der Waals surface area contributed by atoms with Gasteiger partial charge in [0, 0.05) is 42.4 Å². The van der Waals surface area contributed by atoms with Crippen molar-refractivity contribution in [3.8, 4) is 67.5 Å². The molecule has 9 aromatic rings. The largest absolute Gasteiger partial charge is 0.208 e. The van der Waals surface area contributed by atoms with Gasteiger partial charge in [0.2, 0.25) is 0 Å². The first kappa shape index (κ1) is 26.3. The van der Waals surface area contributed by atoms with Gasteiger partial charge in [-0.25, -0.2) is 15.0 Å². The van der Waals surface area contributed by atoms with Crippen molar-refractivity contribution in [2.45, 2.75) is 0 Å². The van der Waals surface area contributed by atoms with Crippen LogP contribution >= 0.6 is 11.3 Å². The molecule has 4 heteroatoms. The quantitative estimate of drug-likeness (QED) is 0.198. The molecular weight excluding hydrogens is 591 g/mol. The molecule has 2 aromatic heterocycles. The van der Waals surface area contributed by atoms with Gasteiger partial charge in [-0.15, -0.1) is 11.3 Å². The maximum absolute atomic E-state index is 5.10. The standard InChI is InChI=1S/C43H25N3S/c1-3-12-27(13-4-1)41-44-42(28-14-5-2-6-15-28)46-43(45-41)35-19-8-7-18-29(35)34-25-24-33-31-21-10-17-26-16-9-20-30(37(26)31)32-22-11-23-36-38(32)39(33)40(34)47-36/h1-25H. The van der Waals surface area contributed by atoms with E-state index >= 15 is 0 Å². The third kappa shape index (κ3) is 4.02. The van der Waals surface area contributed by atoms with Crippen molar-refractivity contribution in [1.29, 1.82) is 0 Å². The first-order valence-corrected chi connectivity index (χ1v) is 16.6. The van der Waals surface area contributed by atoms with Crippen molar-refractivity contribution in [2.24, 2.45) is 0 Å². The van der Waals surface area contributed by atoms with Gasteiger partial charge in [0.25, 0.3) is 0 Å². The predicted octanol–water partition coefficient (Wildman–Crippen LogP) is 11.7. The monoisotopic (exact) mass is 615 g/mol. The minimum Gasteiger partial charge on any atom is -0.208 e. The van der Waals surface area contributed by atoms with Gasteiger partial charge >= 0.3 is 0 Å². The van der Waals surface area contributed by atoms with Gasteiger partial charge in [0.05, 0.1) is 0 Å². The van der Waals surface area contributed by atoms with Crippen molar-refractivity contribution in [3.63, 3.8) is 0 Å². The summed E-state index contributed by atoms with van der Waals surface area (Å²) in [6, 6.07) is 53.6. The van der Waals surface area contributed by atoms with E-state index in [2.05, 4.69) is 115 Å². The van der Waals surface area contributed by atoms with E-state index < -0.39 is 0 Å². The second kappa shape index (κ2) is 10.3. The van der Waals surface area contributed by atoms with E-state index in [1.807, 2.05) is 47.7 Å². The molecule has 0 N–H and O–H groups in total. The summed E-state index contributed by atoms with van der Waals surface area (Å²) in [5, 5.41) is 5.25. The zero-order chi connectivity index (χ0) is 30.9. The van der Waals surface area contributed by atoms with Crippen LogP contribution in [0, 0.1) is 0 Å². The second-order valence-electron chi connectivity index (χ2n) is 11.9. The zero-order valence-corrected chi connectivity index (χ0v) is 26.0. The predicted molar refractivity (Wildman–Crippen MR) is 196 cm³/mol. The summed E-state index contributed by atoms with van der Waals surface area (Å²) in [5.74, 6) is 1.98. The molecule has 10 rings (SSSR count). The van der Waals surface area contributed by atoms with Gasteiger partial charge in [0.1, 0.15) is 0 Å². The van der Waals surface area contributed by atoms with Gasteiger partial charge < -0.3 is 0 Å². The lowest BCUT2D eigenvalue weighted by Gasteiger charge is -2.14. The highest BCUT2D eigenvalue weighted by molar-refractivity contribution is 7.26. The van der Waals surface area contributed by atoms with Gasteiger partial charge in [-0.05, 0) is 44.7 Å². The SMILES string of the molecule is c1ccc(-c2nc(-c3ccccc3)nc(-c3ccccc3-c3ccc4c5c3sc3cccc(c35)-c3cccc5cccc-4c35)n2)cc1. The van der Waals surface area contributed by atoms with Gasteiger partial charge in [-0.3, -0.25) is 0 Å². The van der Waals surface area contributed by atoms with Crippen LogP contribution in [0.25, 0.3) is 98.5 Å². The van der Waals surface area contributed by atoms with E-state index in [0.29, 0.717) is 17.5 Å². The average molecular weight is 616 g/mol. The van der Waals surface area contributed by atoms with E-state index in [-0.39, 0.29) is 0 Å². The number of aromatic nitrogens is 3. The Labute approximate surface area is 275 Å². The summed E-state index contributed by atoms with van der Waals surface area (Å²) in [6.07, 6.45) is 0. The fourth-order valence-corrected chi connectivity index (χ4v) is 8.50. The van der Waals surface area contributed by atoms with E-state index in [9.17, 15) is 0 Å². The Morgan fingerprint density at radius 2 is 0.809 bits per heavy atom. The highest BCUT2D eigenvalue weighted by atomic mass is 32.1. The molecule has 218 valence electrons. The molecule has 0 unspecified atom stereocenters. The fourth-order valence-electron chi connectivity index (χ4n) is 7.21. The lowest BCUT2D eigenvalue weighted by molar-refractivity contribution is 1.07. The Bertz CT molecular complexity index is 2610. The maximum atomic E-state index is 5.10. The van der Waals surface area contributed by atoms with Crippen LogP contribution in [0.3, 0.4) is 0 Å². The second-order valence-corrected chi connectivity index (χ2v) is 13.0. The lowest BCUT2D eigenvalue weighted by atomic mass is 9.92. The summed E-state index contributed by atoms with van der Waals surface area (Å²) in [4.78, 5) is 15.1. The number of nitrogens with zero attached hydrogens (tertiary/aromatic N) is 3. The average Bonchev–Trinajstić information content (AvgIpc) is 3.49. The number of fused-ring (bicyclic) bond motifs is 2. The molecule has 0 fully saturated rings. The third-order valence-corrected chi connectivity index (χ3v) is 10.5.